The highest BCUT2D eigenvalue weighted by Gasteiger charge is 2.14. The predicted octanol–water partition coefficient (Wildman–Crippen LogP) is 0.171. The van der Waals surface area contributed by atoms with Crippen LogP contribution in [0.5, 0.6) is 0 Å². The number of hydrogen-bond donors (Lipinski definition) is 2. The van der Waals surface area contributed by atoms with Gasteiger partial charge in [-0.25, -0.2) is 0 Å². The van der Waals surface area contributed by atoms with E-state index >= 15 is 0 Å². The molecule has 0 saturated carbocycles. The quantitative estimate of drug-likeness (QED) is 0.535. The summed E-state index contributed by atoms with van der Waals surface area (Å²) in [5.41, 5.74) is 0. The van der Waals surface area contributed by atoms with Crippen LogP contribution in [0.25, 0.3) is 0 Å². The SMILES string of the molecule is CC(CO)[C@H](O)CCn1cnc([N+](=O)[O-])c1. The average molecular weight is 229 g/mol. The first-order valence-corrected chi connectivity index (χ1v) is 4.99. The summed E-state index contributed by atoms with van der Waals surface area (Å²) in [6, 6.07) is 0. The third-order valence-electron chi connectivity index (χ3n) is 2.43. The summed E-state index contributed by atoms with van der Waals surface area (Å²) in [7, 11) is 0. The molecule has 16 heavy (non-hydrogen) atoms. The Labute approximate surface area is 92.5 Å². The smallest absolute Gasteiger partial charge is 0.381 e. The molecule has 0 bridgehead atoms. The van der Waals surface area contributed by atoms with Crippen LogP contribution >= 0.6 is 0 Å². The van der Waals surface area contributed by atoms with Crippen molar-refractivity contribution in [3.8, 4) is 0 Å². The number of aliphatic hydroxyl groups is 2. The van der Waals surface area contributed by atoms with Crippen LogP contribution < -0.4 is 0 Å². The second kappa shape index (κ2) is 5.57. The van der Waals surface area contributed by atoms with Crippen molar-refractivity contribution in [1.29, 1.82) is 0 Å². The van der Waals surface area contributed by atoms with Crippen molar-refractivity contribution in [2.75, 3.05) is 6.61 Å². The van der Waals surface area contributed by atoms with E-state index in [4.69, 9.17) is 5.11 Å². The van der Waals surface area contributed by atoms with Crippen molar-refractivity contribution in [3.63, 3.8) is 0 Å². The summed E-state index contributed by atoms with van der Waals surface area (Å²) in [5, 5.41) is 28.7. The van der Waals surface area contributed by atoms with Crippen molar-refractivity contribution >= 4 is 5.82 Å². The maximum atomic E-state index is 10.4. The molecule has 0 radical (unpaired) electrons. The molecule has 2 atom stereocenters. The van der Waals surface area contributed by atoms with Crippen LogP contribution in [0.2, 0.25) is 0 Å². The van der Waals surface area contributed by atoms with Crippen LogP contribution in [0.3, 0.4) is 0 Å². The molecule has 0 aliphatic rings. The van der Waals surface area contributed by atoms with Gasteiger partial charge in [0, 0.05) is 19.1 Å². The van der Waals surface area contributed by atoms with Crippen molar-refractivity contribution in [3.05, 3.63) is 22.6 Å². The standard InChI is InChI=1S/C9H15N3O4/c1-7(5-13)8(14)2-3-11-4-9(10-6-11)12(15)16/h4,6-8,13-14H,2-3,5H2,1H3/t7?,8-/m1/s1. The largest absolute Gasteiger partial charge is 0.396 e. The number of imidazole rings is 1. The summed E-state index contributed by atoms with van der Waals surface area (Å²) in [6.07, 6.45) is 2.48. The molecule has 0 aromatic carbocycles. The molecule has 1 heterocycles. The first kappa shape index (κ1) is 12.6. The maximum Gasteiger partial charge on any atom is 0.381 e. The topological polar surface area (TPSA) is 101 Å². The predicted molar refractivity (Wildman–Crippen MR) is 55.8 cm³/mol. The lowest BCUT2D eigenvalue weighted by atomic mass is 10.0. The number of aromatic nitrogens is 2. The van der Waals surface area contributed by atoms with E-state index < -0.39 is 11.0 Å². The van der Waals surface area contributed by atoms with E-state index in [0.717, 1.165) is 0 Å². The van der Waals surface area contributed by atoms with Crippen LogP contribution in [-0.2, 0) is 6.54 Å². The van der Waals surface area contributed by atoms with Crippen LogP contribution in [0, 0.1) is 16.0 Å². The number of hydrogen-bond acceptors (Lipinski definition) is 5. The minimum absolute atomic E-state index is 0.0781. The molecule has 7 nitrogen and oxygen atoms in total. The zero-order valence-electron chi connectivity index (χ0n) is 8.98. The molecule has 0 saturated heterocycles. The van der Waals surface area contributed by atoms with Gasteiger partial charge in [-0.1, -0.05) is 6.92 Å². The second-order valence-corrected chi connectivity index (χ2v) is 3.74. The Bertz CT molecular complexity index is 352. The van der Waals surface area contributed by atoms with Crippen molar-refractivity contribution < 1.29 is 15.1 Å². The van der Waals surface area contributed by atoms with Gasteiger partial charge < -0.3 is 24.9 Å². The van der Waals surface area contributed by atoms with Gasteiger partial charge in [0.05, 0.1) is 6.10 Å². The van der Waals surface area contributed by atoms with E-state index in [-0.39, 0.29) is 18.3 Å². The normalized spacial score (nSPS) is 14.7. The molecule has 90 valence electrons. The molecule has 0 aliphatic heterocycles. The Morgan fingerprint density at radius 2 is 2.38 bits per heavy atom. The summed E-state index contributed by atoms with van der Waals surface area (Å²) < 4.78 is 1.55. The van der Waals surface area contributed by atoms with E-state index in [9.17, 15) is 15.2 Å². The number of aliphatic hydroxyl groups excluding tert-OH is 2. The number of rotatable bonds is 6. The lowest BCUT2D eigenvalue weighted by Crippen LogP contribution is -2.22. The molecule has 2 N–H and O–H groups in total. The summed E-state index contributed by atoms with van der Waals surface area (Å²) in [6.45, 7) is 2.10. The van der Waals surface area contributed by atoms with Crippen LogP contribution in [0.1, 0.15) is 13.3 Å². The second-order valence-electron chi connectivity index (χ2n) is 3.74. The first-order valence-electron chi connectivity index (χ1n) is 4.99. The molecule has 0 aliphatic carbocycles. The number of aryl methyl sites for hydroxylation is 1. The van der Waals surface area contributed by atoms with Crippen molar-refractivity contribution in [1.82, 2.24) is 9.55 Å². The highest BCUT2D eigenvalue weighted by molar-refractivity contribution is 5.12. The molecule has 1 rings (SSSR count). The van der Waals surface area contributed by atoms with Crippen molar-refractivity contribution in [2.45, 2.75) is 26.0 Å². The van der Waals surface area contributed by atoms with Gasteiger partial charge >= 0.3 is 5.82 Å². The molecule has 0 fully saturated rings. The van der Waals surface area contributed by atoms with E-state index in [0.29, 0.717) is 13.0 Å². The third kappa shape index (κ3) is 3.28. The zero-order valence-corrected chi connectivity index (χ0v) is 8.98. The molecule has 1 aromatic rings. The van der Waals surface area contributed by atoms with Crippen molar-refractivity contribution in [2.24, 2.45) is 5.92 Å². The lowest BCUT2D eigenvalue weighted by molar-refractivity contribution is -0.389. The van der Waals surface area contributed by atoms with Gasteiger partial charge in [0.25, 0.3) is 0 Å². The fourth-order valence-corrected chi connectivity index (χ4v) is 1.25. The van der Waals surface area contributed by atoms with Gasteiger partial charge in [-0.2, -0.15) is 0 Å². The highest BCUT2D eigenvalue weighted by Crippen LogP contribution is 2.10. The third-order valence-corrected chi connectivity index (χ3v) is 2.43. The summed E-state index contributed by atoms with van der Waals surface area (Å²) >= 11 is 0. The highest BCUT2D eigenvalue weighted by atomic mass is 16.6. The summed E-state index contributed by atoms with van der Waals surface area (Å²) in [5.74, 6) is -0.400. The Hall–Kier alpha value is -1.47. The van der Waals surface area contributed by atoms with Gasteiger partial charge in [-0.15, -0.1) is 0 Å². The van der Waals surface area contributed by atoms with Gasteiger partial charge in [-0.3, -0.25) is 0 Å². The molecule has 0 amide bonds. The van der Waals surface area contributed by atoms with Gasteiger partial charge in [0.1, 0.15) is 6.20 Å². The Kier molecular flexibility index (Phi) is 4.39. The van der Waals surface area contributed by atoms with E-state index in [2.05, 4.69) is 4.98 Å². The Morgan fingerprint density at radius 1 is 1.69 bits per heavy atom. The van der Waals surface area contributed by atoms with Gasteiger partial charge in [0.15, 0.2) is 0 Å². The van der Waals surface area contributed by atoms with Gasteiger partial charge in [-0.05, 0) is 16.3 Å². The maximum absolute atomic E-state index is 10.4. The van der Waals surface area contributed by atoms with Gasteiger partial charge in [0.2, 0.25) is 6.33 Å². The minimum atomic E-state index is -0.619. The molecular formula is C9H15N3O4. The van der Waals surface area contributed by atoms with E-state index in [1.807, 2.05) is 0 Å². The first-order chi connectivity index (χ1) is 7.54. The fourth-order valence-electron chi connectivity index (χ4n) is 1.25. The fraction of sp³-hybridized carbons (Fsp3) is 0.667. The Morgan fingerprint density at radius 3 is 2.88 bits per heavy atom. The Balaban J connectivity index is 2.45. The monoisotopic (exact) mass is 229 g/mol. The summed E-state index contributed by atoms with van der Waals surface area (Å²) in [4.78, 5) is 13.4. The van der Waals surface area contributed by atoms with E-state index in [1.54, 1.807) is 11.5 Å². The van der Waals surface area contributed by atoms with E-state index in [1.165, 1.54) is 12.5 Å². The van der Waals surface area contributed by atoms with Crippen LogP contribution in [-0.4, -0.2) is 37.4 Å². The molecular weight excluding hydrogens is 214 g/mol. The number of nitrogens with zero attached hydrogens (tertiary/aromatic N) is 3. The van der Waals surface area contributed by atoms with Crippen LogP contribution in [0.15, 0.2) is 12.5 Å². The molecule has 1 aromatic heterocycles. The average Bonchev–Trinajstić information content (AvgIpc) is 2.73. The zero-order chi connectivity index (χ0) is 12.1. The lowest BCUT2D eigenvalue weighted by Gasteiger charge is -2.15. The van der Waals surface area contributed by atoms with Crippen LogP contribution in [0.4, 0.5) is 5.82 Å². The minimum Gasteiger partial charge on any atom is -0.396 e. The molecule has 1 unspecified atom stereocenters. The number of nitro groups is 1. The molecule has 7 heteroatoms. The molecule has 0 spiro atoms.